The zero-order chi connectivity index (χ0) is 15.0. The molecule has 0 bridgehead atoms. The van der Waals surface area contributed by atoms with Crippen LogP contribution in [-0.2, 0) is 0 Å². The zero-order valence-corrected chi connectivity index (χ0v) is 13.2. The standard InChI is InChI=1S/C14H15ClN2O.C2H6/c1-11(2)8-10-18-14-7-9-17(16-14)13-5-3-12(15)4-6-13;1-2/h3-9H,10H2,1-2H3;1-2H3. The third-order valence-electron chi connectivity index (χ3n) is 2.38. The quantitative estimate of drug-likeness (QED) is 0.750. The lowest BCUT2D eigenvalue weighted by Crippen LogP contribution is -1.98. The summed E-state index contributed by atoms with van der Waals surface area (Å²) in [6.07, 6.45) is 3.88. The summed E-state index contributed by atoms with van der Waals surface area (Å²) in [6.45, 7) is 8.62. The molecule has 2 aromatic rings. The largest absolute Gasteiger partial charge is 0.472 e. The van der Waals surface area contributed by atoms with Gasteiger partial charge in [0, 0.05) is 17.3 Å². The number of allylic oxidation sites excluding steroid dienone is 1. The molecule has 2 rings (SSSR count). The molecule has 1 aromatic carbocycles. The fourth-order valence-corrected chi connectivity index (χ4v) is 1.54. The van der Waals surface area contributed by atoms with E-state index in [1.54, 1.807) is 4.68 Å². The van der Waals surface area contributed by atoms with Crippen LogP contribution >= 0.6 is 11.6 Å². The maximum atomic E-state index is 5.84. The van der Waals surface area contributed by atoms with Crippen molar-refractivity contribution in [2.24, 2.45) is 0 Å². The van der Waals surface area contributed by atoms with Gasteiger partial charge in [0.15, 0.2) is 0 Å². The van der Waals surface area contributed by atoms with Crippen LogP contribution in [0.2, 0.25) is 5.02 Å². The van der Waals surface area contributed by atoms with Gasteiger partial charge in [0.05, 0.1) is 5.69 Å². The fraction of sp³-hybridized carbons (Fsp3) is 0.312. The first-order valence-corrected chi connectivity index (χ1v) is 7.11. The van der Waals surface area contributed by atoms with Crippen LogP contribution in [0.5, 0.6) is 5.88 Å². The van der Waals surface area contributed by atoms with Crippen molar-refractivity contribution in [1.29, 1.82) is 0 Å². The second-order valence-electron chi connectivity index (χ2n) is 4.17. The number of nitrogens with zero attached hydrogens (tertiary/aromatic N) is 2. The van der Waals surface area contributed by atoms with Gasteiger partial charge in [-0.15, -0.1) is 5.10 Å². The molecule has 3 nitrogen and oxygen atoms in total. The first-order valence-electron chi connectivity index (χ1n) is 6.73. The molecule has 1 heterocycles. The summed E-state index contributed by atoms with van der Waals surface area (Å²) >= 11 is 5.84. The van der Waals surface area contributed by atoms with Crippen molar-refractivity contribution in [3.8, 4) is 11.6 Å². The summed E-state index contributed by atoms with van der Waals surface area (Å²) in [7, 11) is 0. The predicted molar refractivity (Wildman–Crippen MR) is 84.8 cm³/mol. The Morgan fingerprint density at radius 3 is 2.45 bits per heavy atom. The minimum absolute atomic E-state index is 0.542. The van der Waals surface area contributed by atoms with Crippen LogP contribution in [0, 0.1) is 0 Å². The van der Waals surface area contributed by atoms with Gasteiger partial charge in [0.1, 0.15) is 6.61 Å². The van der Waals surface area contributed by atoms with Crippen LogP contribution in [0.4, 0.5) is 0 Å². The van der Waals surface area contributed by atoms with E-state index in [1.165, 1.54) is 5.57 Å². The van der Waals surface area contributed by atoms with Crippen molar-refractivity contribution in [2.45, 2.75) is 27.7 Å². The van der Waals surface area contributed by atoms with Crippen LogP contribution in [0.1, 0.15) is 27.7 Å². The fourth-order valence-electron chi connectivity index (χ4n) is 1.42. The third-order valence-corrected chi connectivity index (χ3v) is 2.63. The van der Waals surface area contributed by atoms with Gasteiger partial charge in [-0.1, -0.05) is 31.0 Å². The normalized spacial score (nSPS) is 9.45. The summed E-state index contributed by atoms with van der Waals surface area (Å²) < 4.78 is 7.27. The third kappa shape index (κ3) is 5.10. The molecule has 0 saturated heterocycles. The van der Waals surface area contributed by atoms with Crippen molar-refractivity contribution < 1.29 is 4.74 Å². The summed E-state index contributed by atoms with van der Waals surface area (Å²) in [4.78, 5) is 0. The summed E-state index contributed by atoms with van der Waals surface area (Å²) in [5.41, 5.74) is 2.18. The van der Waals surface area contributed by atoms with Gasteiger partial charge in [-0.25, -0.2) is 4.68 Å². The lowest BCUT2D eigenvalue weighted by Gasteiger charge is -2.01. The van der Waals surface area contributed by atoms with Crippen molar-refractivity contribution in [1.82, 2.24) is 9.78 Å². The Bertz CT molecular complexity index is 540. The number of aromatic nitrogens is 2. The van der Waals surface area contributed by atoms with Crippen molar-refractivity contribution in [2.75, 3.05) is 6.61 Å². The zero-order valence-electron chi connectivity index (χ0n) is 12.4. The highest BCUT2D eigenvalue weighted by Crippen LogP contribution is 2.15. The second kappa shape index (κ2) is 8.43. The molecule has 20 heavy (non-hydrogen) atoms. The Morgan fingerprint density at radius 2 is 1.85 bits per heavy atom. The molecule has 0 aliphatic rings. The molecule has 0 saturated carbocycles. The van der Waals surface area contributed by atoms with E-state index in [-0.39, 0.29) is 0 Å². The van der Waals surface area contributed by atoms with E-state index in [0.717, 1.165) is 5.69 Å². The molecule has 0 amide bonds. The highest BCUT2D eigenvalue weighted by atomic mass is 35.5. The summed E-state index contributed by atoms with van der Waals surface area (Å²) in [5.74, 6) is 0.613. The topological polar surface area (TPSA) is 27.1 Å². The van der Waals surface area contributed by atoms with Gasteiger partial charge >= 0.3 is 0 Å². The summed E-state index contributed by atoms with van der Waals surface area (Å²) in [6, 6.07) is 9.34. The molecule has 0 aliphatic carbocycles. The number of rotatable bonds is 4. The van der Waals surface area contributed by atoms with Crippen LogP contribution in [0.3, 0.4) is 0 Å². The second-order valence-corrected chi connectivity index (χ2v) is 4.60. The minimum atomic E-state index is 0.542. The first kappa shape index (κ1) is 16.3. The van der Waals surface area contributed by atoms with Crippen LogP contribution in [0.15, 0.2) is 48.2 Å². The highest BCUT2D eigenvalue weighted by molar-refractivity contribution is 6.30. The van der Waals surface area contributed by atoms with Gasteiger partial charge in [-0.05, 0) is 44.2 Å². The predicted octanol–water partition coefficient (Wildman–Crippen LogP) is 4.90. The molecule has 0 fully saturated rings. The van der Waals surface area contributed by atoms with Crippen molar-refractivity contribution in [3.63, 3.8) is 0 Å². The molecule has 108 valence electrons. The van der Waals surface area contributed by atoms with Crippen LogP contribution in [0.25, 0.3) is 5.69 Å². The van der Waals surface area contributed by atoms with Crippen LogP contribution < -0.4 is 4.74 Å². The number of halogens is 1. The van der Waals surface area contributed by atoms with E-state index in [4.69, 9.17) is 16.3 Å². The van der Waals surface area contributed by atoms with E-state index >= 15 is 0 Å². The highest BCUT2D eigenvalue weighted by Gasteiger charge is 2.01. The molecule has 1 aromatic heterocycles. The minimum Gasteiger partial charge on any atom is -0.472 e. The van der Waals surface area contributed by atoms with E-state index < -0.39 is 0 Å². The van der Waals surface area contributed by atoms with Crippen LogP contribution in [-0.4, -0.2) is 16.4 Å². The average molecular weight is 293 g/mol. The van der Waals surface area contributed by atoms with Crippen molar-refractivity contribution >= 4 is 11.6 Å². The Hall–Kier alpha value is -1.74. The summed E-state index contributed by atoms with van der Waals surface area (Å²) in [5, 5.41) is 5.04. The molecule has 0 atom stereocenters. The molecule has 0 N–H and O–H groups in total. The lowest BCUT2D eigenvalue weighted by atomic mass is 10.3. The maximum absolute atomic E-state index is 5.84. The molecule has 0 spiro atoms. The molecule has 0 aliphatic heterocycles. The molecular formula is C16H21ClN2O. The Labute approximate surface area is 125 Å². The molecule has 0 unspecified atom stereocenters. The monoisotopic (exact) mass is 292 g/mol. The lowest BCUT2D eigenvalue weighted by molar-refractivity contribution is 0.345. The van der Waals surface area contributed by atoms with Gasteiger partial charge in [-0.3, -0.25) is 0 Å². The average Bonchev–Trinajstić information content (AvgIpc) is 2.90. The van der Waals surface area contributed by atoms with E-state index in [0.29, 0.717) is 17.5 Å². The first-order chi connectivity index (χ1) is 9.65. The number of ether oxygens (including phenoxy) is 1. The van der Waals surface area contributed by atoms with E-state index in [1.807, 2.05) is 70.3 Å². The SMILES string of the molecule is CC.CC(C)=CCOc1ccn(-c2ccc(Cl)cc2)n1. The molecular weight excluding hydrogens is 272 g/mol. The number of hydrogen-bond donors (Lipinski definition) is 0. The van der Waals surface area contributed by atoms with Gasteiger partial charge in [0.2, 0.25) is 5.88 Å². The van der Waals surface area contributed by atoms with E-state index in [2.05, 4.69) is 5.10 Å². The Kier molecular flexibility index (Phi) is 6.88. The number of benzene rings is 1. The van der Waals surface area contributed by atoms with Crippen molar-refractivity contribution in [3.05, 3.63) is 53.2 Å². The van der Waals surface area contributed by atoms with Gasteiger partial charge in [-0.2, -0.15) is 0 Å². The van der Waals surface area contributed by atoms with E-state index in [9.17, 15) is 0 Å². The number of hydrogen-bond acceptors (Lipinski definition) is 2. The smallest absolute Gasteiger partial charge is 0.233 e. The maximum Gasteiger partial charge on any atom is 0.233 e. The Morgan fingerprint density at radius 1 is 1.20 bits per heavy atom. The molecule has 0 radical (unpaired) electrons. The van der Waals surface area contributed by atoms with Gasteiger partial charge < -0.3 is 4.74 Å². The Balaban J connectivity index is 0.000000956. The van der Waals surface area contributed by atoms with Gasteiger partial charge in [0.25, 0.3) is 0 Å². The molecule has 4 heteroatoms.